The van der Waals surface area contributed by atoms with Crippen molar-refractivity contribution >= 4 is 22.6 Å². The first kappa shape index (κ1) is 15.6. The molecule has 4 rings (SSSR count). The number of anilines is 1. The normalized spacial score (nSPS) is 16.4. The standard InChI is InChI=1S/C20H19N3O2/c1-12-11-23(18-6-4-5-7-19(18)25-12)20(24)15-8-9-16-17(10-15)22-14(3)13(2)21-16/h4-10,12H,11H2,1-3H3. The third-order valence-corrected chi connectivity index (χ3v) is 4.49. The molecule has 5 heteroatoms. The Morgan fingerprint density at radius 1 is 1.08 bits per heavy atom. The molecule has 25 heavy (non-hydrogen) atoms. The molecule has 5 nitrogen and oxygen atoms in total. The molecule has 3 aromatic rings. The first-order valence-electron chi connectivity index (χ1n) is 8.35. The molecule has 0 radical (unpaired) electrons. The maximum absolute atomic E-state index is 13.1. The largest absolute Gasteiger partial charge is 0.487 e. The van der Waals surface area contributed by atoms with Crippen LogP contribution < -0.4 is 9.64 Å². The highest BCUT2D eigenvalue weighted by Gasteiger charge is 2.28. The highest BCUT2D eigenvalue weighted by Crippen LogP contribution is 2.34. The number of nitrogens with zero attached hydrogens (tertiary/aromatic N) is 3. The minimum Gasteiger partial charge on any atom is -0.487 e. The summed E-state index contributed by atoms with van der Waals surface area (Å²) in [6.07, 6.45) is -0.0519. The van der Waals surface area contributed by atoms with E-state index >= 15 is 0 Å². The molecule has 0 bridgehead atoms. The smallest absolute Gasteiger partial charge is 0.258 e. The van der Waals surface area contributed by atoms with Gasteiger partial charge in [-0.2, -0.15) is 0 Å². The van der Waals surface area contributed by atoms with Gasteiger partial charge in [0.2, 0.25) is 0 Å². The van der Waals surface area contributed by atoms with E-state index in [9.17, 15) is 4.79 Å². The Labute approximate surface area is 146 Å². The van der Waals surface area contributed by atoms with Gasteiger partial charge in [0.05, 0.1) is 34.7 Å². The number of carbonyl (C=O) groups excluding carboxylic acids is 1. The summed E-state index contributed by atoms with van der Waals surface area (Å²) in [5, 5.41) is 0. The van der Waals surface area contributed by atoms with Crippen LogP contribution in [-0.2, 0) is 0 Å². The van der Waals surface area contributed by atoms with Gasteiger partial charge in [0.25, 0.3) is 5.91 Å². The Morgan fingerprint density at radius 3 is 2.60 bits per heavy atom. The fourth-order valence-electron chi connectivity index (χ4n) is 3.10. The van der Waals surface area contributed by atoms with Crippen molar-refractivity contribution in [2.24, 2.45) is 0 Å². The van der Waals surface area contributed by atoms with Crippen molar-refractivity contribution in [2.45, 2.75) is 26.9 Å². The molecule has 126 valence electrons. The van der Waals surface area contributed by atoms with E-state index in [2.05, 4.69) is 9.97 Å². The van der Waals surface area contributed by atoms with Crippen molar-refractivity contribution < 1.29 is 9.53 Å². The molecule has 0 aliphatic carbocycles. The number of ether oxygens (including phenoxy) is 1. The van der Waals surface area contributed by atoms with E-state index in [1.165, 1.54) is 0 Å². The average molecular weight is 333 g/mol. The summed E-state index contributed by atoms with van der Waals surface area (Å²) in [6.45, 7) is 6.35. The first-order valence-corrected chi connectivity index (χ1v) is 8.35. The van der Waals surface area contributed by atoms with E-state index in [0.29, 0.717) is 12.1 Å². The van der Waals surface area contributed by atoms with Gasteiger partial charge in [0.1, 0.15) is 11.9 Å². The molecule has 1 aromatic heterocycles. The molecule has 0 saturated carbocycles. The lowest BCUT2D eigenvalue weighted by Gasteiger charge is -2.33. The lowest BCUT2D eigenvalue weighted by atomic mass is 10.1. The Balaban J connectivity index is 1.76. The average Bonchev–Trinajstić information content (AvgIpc) is 2.61. The number of carbonyl (C=O) groups is 1. The third kappa shape index (κ3) is 2.71. The lowest BCUT2D eigenvalue weighted by Crippen LogP contribution is -2.42. The van der Waals surface area contributed by atoms with Gasteiger partial charge in [-0.15, -0.1) is 0 Å². The fraction of sp³-hybridized carbons (Fsp3) is 0.250. The predicted molar refractivity (Wildman–Crippen MR) is 97.2 cm³/mol. The summed E-state index contributed by atoms with van der Waals surface area (Å²) >= 11 is 0. The van der Waals surface area contributed by atoms with Gasteiger partial charge in [0, 0.05) is 5.56 Å². The fourth-order valence-corrected chi connectivity index (χ4v) is 3.10. The van der Waals surface area contributed by atoms with E-state index < -0.39 is 0 Å². The van der Waals surface area contributed by atoms with Gasteiger partial charge in [0.15, 0.2) is 0 Å². The molecule has 1 atom stereocenters. The number of aryl methyl sites for hydroxylation is 2. The van der Waals surface area contributed by atoms with Gasteiger partial charge >= 0.3 is 0 Å². The first-order chi connectivity index (χ1) is 12.0. The summed E-state index contributed by atoms with van der Waals surface area (Å²) in [7, 11) is 0. The van der Waals surface area contributed by atoms with Gasteiger partial charge in [-0.25, -0.2) is 9.97 Å². The number of fused-ring (bicyclic) bond motifs is 2. The van der Waals surface area contributed by atoms with Crippen molar-refractivity contribution in [1.29, 1.82) is 0 Å². The zero-order chi connectivity index (χ0) is 17.6. The van der Waals surface area contributed by atoms with Crippen LogP contribution in [0.15, 0.2) is 42.5 Å². The third-order valence-electron chi connectivity index (χ3n) is 4.49. The number of hydrogen-bond donors (Lipinski definition) is 0. The van der Waals surface area contributed by atoms with E-state index in [1.54, 1.807) is 4.90 Å². The van der Waals surface area contributed by atoms with E-state index in [-0.39, 0.29) is 12.0 Å². The maximum atomic E-state index is 13.1. The summed E-state index contributed by atoms with van der Waals surface area (Å²) in [5.74, 6) is 0.686. The van der Waals surface area contributed by atoms with Crippen molar-refractivity contribution in [3.8, 4) is 5.75 Å². The molecule has 0 N–H and O–H groups in total. The monoisotopic (exact) mass is 333 g/mol. The molecule has 1 amide bonds. The number of benzene rings is 2. The van der Waals surface area contributed by atoms with Crippen LogP contribution in [0.4, 0.5) is 5.69 Å². The minimum atomic E-state index is -0.0519. The molecule has 2 aromatic carbocycles. The van der Waals surface area contributed by atoms with E-state index in [4.69, 9.17) is 4.74 Å². The number of para-hydroxylation sites is 2. The predicted octanol–water partition coefficient (Wildman–Crippen LogP) is 3.67. The molecule has 2 heterocycles. The lowest BCUT2D eigenvalue weighted by molar-refractivity contribution is 0.0961. The molecule has 1 unspecified atom stereocenters. The van der Waals surface area contributed by atoms with Crippen molar-refractivity contribution in [1.82, 2.24) is 9.97 Å². The van der Waals surface area contributed by atoms with Crippen molar-refractivity contribution in [2.75, 3.05) is 11.4 Å². The molecule has 1 aliphatic heterocycles. The molecular weight excluding hydrogens is 314 g/mol. The highest BCUT2D eigenvalue weighted by molar-refractivity contribution is 6.08. The number of aromatic nitrogens is 2. The van der Waals surface area contributed by atoms with E-state index in [0.717, 1.165) is 33.9 Å². The summed E-state index contributed by atoms with van der Waals surface area (Å²) in [5.41, 5.74) is 4.73. The number of hydrogen-bond acceptors (Lipinski definition) is 4. The second-order valence-corrected chi connectivity index (χ2v) is 6.41. The SMILES string of the molecule is Cc1nc2ccc(C(=O)N3CC(C)Oc4ccccc43)cc2nc1C. The Morgan fingerprint density at radius 2 is 1.80 bits per heavy atom. The molecule has 0 spiro atoms. The van der Waals surface area contributed by atoms with Crippen molar-refractivity contribution in [3.05, 3.63) is 59.4 Å². The van der Waals surface area contributed by atoms with Crippen LogP contribution in [0, 0.1) is 13.8 Å². The zero-order valence-corrected chi connectivity index (χ0v) is 14.5. The quantitative estimate of drug-likeness (QED) is 0.682. The van der Waals surface area contributed by atoms with Gasteiger partial charge < -0.3 is 9.64 Å². The van der Waals surface area contributed by atoms with Crippen LogP contribution in [0.2, 0.25) is 0 Å². The summed E-state index contributed by atoms with van der Waals surface area (Å²) < 4.78 is 5.83. The molecule has 0 saturated heterocycles. The minimum absolute atomic E-state index is 0.0514. The van der Waals surface area contributed by atoms with Crippen molar-refractivity contribution in [3.63, 3.8) is 0 Å². The van der Waals surface area contributed by atoms with Gasteiger partial charge in [-0.3, -0.25) is 4.79 Å². The van der Waals surface area contributed by atoms with Crippen LogP contribution >= 0.6 is 0 Å². The Hall–Kier alpha value is -2.95. The van der Waals surface area contributed by atoms with Gasteiger partial charge in [-0.05, 0) is 51.1 Å². The van der Waals surface area contributed by atoms with Gasteiger partial charge in [-0.1, -0.05) is 12.1 Å². The summed E-state index contributed by atoms with van der Waals surface area (Å²) in [6, 6.07) is 13.1. The second kappa shape index (κ2) is 5.84. The topological polar surface area (TPSA) is 55.3 Å². The van der Waals surface area contributed by atoms with Crippen LogP contribution in [-0.4, -0.2) is 28.5 Å². The van der Waals surface area contributed by atoms with Crippen LogP contribution in [0.3, 0.4) is 0 Å². The molecule has 0 fully saturated rings. The highest BCUT2D eigenvalue weighted by atomic mass is 16.5. The summed E-state index contributed by atoms with van der Waals surface area (Å²) in [4.78, 5) is 24.0. The Bertz CT molecular complexity index is 984. The zero-order valence-electron chi connectivity index (χ0n) is 14.5. The maximum Gasteiger partial charge on any atom is 0.258 e. The van der Waals surface area contributed by atoms with Crippen LogP contribution in [0.25, 0.3) is 11.0 Å². The molecule has 1 aliphatic rings. The van der Waals surface area contributed by atoms with E-state index in [1.807, 2.05) is 63.2 Å². The second-order valence-electron chi connectivity index (χ2n) is 6.41. The molecular formula is C20H19N3O2. The van der Waals surface area contributed by atoms with Crippen LogP contribution in [0.5, 0.6) is 5.75 Å². The Kier molecular flexibility index (Phi) is 3.64. The number of amides is 1. The number of rotatable bonds is 1. The van der Waals surface area contributed by atoms with Crippen LogP contribution in [0.1, 0.15) is 28.7 Å².